The second kappa shape index (κ2) is 3.95. The lowest BCUT2D eigenvalue weighted by Crippen LogP contribution is -2.22. The first-order valence-corrected chi connectivity index (χ1v) is 4.79. The van der Waals surface area contributed by atoms with Crippen molar-refractivity contribution in [3.63, 3.8) is 0 Å². The molecule has 1 heteroatoms. The minimum Gasteiger partial charge on any atom is -0.126 e. The van der Waals surface area contributed by atoms with Crippen molar-refractivity contribution in [1.82, 2.24) is 0 Å². The summed E-state index contributed by atoms with van der Waals surface area (Å²) in [5, 5.41) is 0. The second-order valence-electron chi connectivity index (χ2n) is 3.34. The van der Waals surface area contributed by atoms with Crippen LogP contribution in [0.5, 0.6) is 0 Å². The van der Waals surface area contributed by atoms with Gasteiger partial charge in [-0.15, -0.1) is 11.6 Å². The van der Waals surface area contributed by atoms with Gasteiger partial charge in [-0.05, 0) is 18.1 Å². The van der Waals surface area contributed by atoms with Crippen LogP contribution in [-0.2, 0) is 5.41 Å². The van der Waals surface area contributed by atoms with Crippen molar-refractivity contribution < 1.29 is 0 Å². The maximum atomic E-state index is 5.93. The molecule has 0 saturated heterocycles. The highest BCUT2D eigenvalue weighted by atomic mass is 35.5. The lowest BCUT2D eigenvalue weighted by Gasteiger charge is -2.25. The summed E-state index contributed by atoms with van der Waals surface area (Å²) in [5.74, 6) is 0.674. The highest BCUT2D eigenvalue weighted by Gasteiger charge is 2.22. The lowest BCUT2D eigenvalue weighted by molar-refractivity contribution is 0.513. The lowest BCUT2D eigenvalue weighted by atomic mass is 9.82. The normalized spacial score (nSPS) is 15.6. The van der Waals surface area contributed by atoms with Gasteiger partial charge in [-0.25, -0.2) is 0 Å². The van der Waals surface area contributed by atoms with Gasteiger partial charge < -0.3 is 0 Å². The third kappa shape index (κ3) is 1.81. The minimum absolute atomic E-state index is 0.122. The zero-order chi connectivity index (χ0) is 9.03. The third-order valence-electron chi connectivity index (χ3n) is 2.49. The molecule has 0 bridgehead atoms. The summed E-state index contributed by atoms with van der Waals surface area (Å²) in [6, 6.07) is 11.1. The molecule has 1 atom stereocenters. The average molecular weight is 182 g/mol. The molecular formula is C11H14Cl. The van der Waals surface area contributed by atoms with Crippen molar-refractivity contribution >= 4 is 11.6 Å². The molecule has 0 amide bonds. The van der Waals surface area contributed by atoms with Gasteiger partial charge in [-0.1, -0.05) is 38.1 Å². The van der Waals surface area contributed by atoms with Crippen LogP contribution in [0.4, 0.5) is 0 Å². The summed E-state index contributed by atoms with van der Waals surface area (Å²) in [6.07, 6.45) is 1.07. The van der Waals surface area contributed by atoms with Gasteiger partial charge in [-0.3, -0.25) is 0 Å². The molecule has 1 aromatic rings. The van der Waals surface area contributed by atoms with Crippen LogP contribution in [0.3, 0.4) is 0 Å². The summed E-state index contributed by atoms with van der Waals surface area (Å²) in [4.78, 5) is 0. The Morgan fingerprint density at radius 3 is 2.42 bits per heavy atom. The van der Waals surface area contributed by atoms with E-state index in [1.54, 1.807) is 0 Å². The van der Waals surface area contributed by atoms with Crippen LogP contribution in [0.1, 0.15) is 25.8 Å². The monoisotopic (exact) mass is 181 g/mol. The Morgan fingerprint density at radius 1 is 1.42 bits per heavy atom. The fourth-order valence-electron chi connectivity index (χ4n) is 1.17. The Bertz CT molecular complexity index is 224. The van der Waals surface area contributed by atoms with E-state index in [9.17, 15) is 0 Å². The molecule has 0 fully saturated rings. The number of alkyl halides is 1. The van der Waals surface area contributed by atoms with Crippen molar-refractivity contribution in [2.45, 2.75) is 25.7 Å². The molecule has 0 spiro atoms. The van der Waals surface area contributed by atoms with E-state index in [0.717, 1.165) is 6.42 Å². The van der Waals surface area contributed by atoms with Gasteiger partial charge >= 0.3 is 0 Å². The van der Waals surface area contributed by atoms with E-state index in [0.29, 0.717) is 5.88 Å². The fraction of sp³-hybridized carbons (Fsp3) is 0.455. The zero-order valence-electron chi connectivity index (χ0n) is 7.60. The standard InChI is InChI=1S/C11H14Cl/c1-3-11(2,9-12)10-7-5-4-6-8-10/h5-8H,3,9H2,1-2H3. The molecule has 0 aliphatic rings. The van der Waals surface area contributed by atoms with E-state index in [1.807, 2.05) is 12.1 Å². The number of hydrogen-bond acceptors (Lipinski definition) is 0. The number of hydrogen-bond donors (Lipinski definition) is 0. The van der Waals surface area contributed by atoms with Crippen LogP contribution < -0.4 is 0 Å². The van der Waals surface area contributed by atoms with Crippen molar-refractivity contribution in [3.05, 3.63) is 35.9 Å². The van der Waals surface area contributed by atoms with Crippen LogP contribution in [0.2, 0.25) is 0 Å². The first-order valence-electron chi connectivity index (χ1n) is 4.25. The van der Waals surface area contributed by atoms with Crippen LogP contribution in [0.25, 0.3) is 0 Å². The first kappa shape index (κ1) is 9.60. The quantitative estimate of drug-likeness (QED) is 0.628. The van der Waals surface area contributed by atoms with Gasteiger partial charge in [0.1, 0.15) is 0 Å². The second-order valence-corrected chi connectivity index (χ2v) is 3.60. The maximum Gasteiger partial charge on any atom is 0.0317 e. The molecule has 0 aliphatic carbocycles. The summed E-state index contributed by atoms with van der Waals surface area (Å²) in [7, 11) is 0. The fourth-order valence-corrected chi connectivity index (χ4v) is 1.51. The first-order chi connectivity index (χ1) is 5.73. The van der Waals surface area contributed by atoms with E-state index in [-0.39, 0.29) is 5.41 Å². The molecule has 65 valence electrons. The van der Waals surface area contributed by atoms with Crippen LogP contribution in [-0.4, -0.2) is 5.88 Å². The summed E-state index contributed by atoms with van der Waals surface area (Å²) in [5.41, 5.74) is 1.43. The molecule has 0 heterocycles. The highest BCUT2D eigenvalue weighted by Crippen LogP contribution is 2.28. The molecule has 12 heavy (non-hydrogen) atoms. The molecular weight excluding hydrogens is 168 g/mol. The number of halogens is 1. The van der Waals surface area contributed by atoms with Crippen molar-refractivity contribution in [1.29, 1.82) is 0 Å². The molecule has 1 aromatic carbocycles. The zero-order valence-corrected chi connectivity index (χ0v) is 8.36. The van der Waals surface area contributed by atoms with Gasteiger partial charge in [0.05, 0.1) is 0 Å². The van der Waals surface area contributed by atoms with E-state index in [4.69, 9.17) is 11.6 Å². The summed E-state index contributed by atoms with van der Waals surface area (Å²) < 4.78 is 0. The predicted octanol–water partition coefficient (Wildman–Crippen LogP) is 3.39. The van der Waals surface area contributed by atoms with Gasteiger partial charge in [0.15, 0.2) is 0 Å². The molecule has 0 aromatic heterocycles. The number of rotatable bonds is 3. The summed E-state index contributed by atoms with van der Waals surface area (Å²) in [6.45, 7) is 4.36. The highest BCUT2D eigenvalue weighted by molar-refractivity contribution is 6.18. The molecule has 0 nitrogen and oxygen atoms in total. The SMILES string of the molecule is CCC(C)(CCl)c1cc[c]cc1. The van der Waals surface area contributed by atoms with Gasteiger partial charge in [0, 0.05) is 11.3 Å². The smallest absolute Gasteiger partial charge is 0.0317 e. The predicted molar refractivity (Wildman–Crippen MR) is 53.6 cm³/mol. The van der Waals surface area contributed by atoms with Gasteiger partial charge in [0.25, 0.3) is 0 Å². The van der Waals surface area contributed by atoms with Crippen molar-refractivity contribution in [2.75, 3.05) is 5.88 Å². The van der Waals surface area contributed by atoms with Gasteiger partial charge in [-0.2, -0.15) is 0 Å². The van der Waals surface area contributed by atoms with E-state index in [1.165, 1.54) is 5.56 Å². The van der Waals surface area contributed by atoms with Crippen LogP contribution >= 0.6 is 11.6 Å². The molecule has 1 radical (unpaired) electrons. The Labute approximate surface area is 79.6 Å². The number of benzene rings is 1. The molecule has 1 unspecified atom stereocenters. The molecule has 1 rings (SSSR count). The Balaban J connectivity index is 2.95. The summed E-state index contributed by atoms with van der Waals surface area (Å²) >= 11 is 5.93. The topological polar surface area (TPSA) is 0 Å². The Hall–Kier alpha value is -0.490. The Morgan fingerprint density at radius 2 is 2.00 bits per heavy atom. The van der Waals surface area contributed by atoms with Crippen LogP contribution in [0, 0.1) is 6.07 Å². The largest absolute Gasteiger partial charge is 0.126 e. The average Bonchev–Trinajstić information content (AvgIpc) is 2.18. The van der Waals surface area contributed by atoms with Crippen molar-refractivity contribution in [2.24, 2.45) is 0 Å². The van der Waals surface area contributed by atoms with Gasteiger partial charge in [0.2, 0.25) is 0 Å². The minimum atomic E-state index is 0.122. The molecule has 0 aliphatic heterocycles. The van der Waals surface area contributed by atoms with E-state index >= 15 is 0 Å². The van der Waals surface area contributed by atoms with Crippen molar-refractivity contribution in [3.8, 4) is 0 Å². The Kier molecular flexibility index (Phi) is 3.16. The third-order valence-corrected chi connectivity index (χ3v) is 3.08. The van der Waals surface area contributed by atoms with E-state index in [2.05, 4.69) is 32.0 Å². The van der Waals surface area contributed by atoms with Crippen LogP contribution in [0.15, 0.2) is 24.3 Å². The molecule has 0 saturated carbocycles. The maximum absolute atomic E-state index is 5.93. The van der Waals surface area contributed by atoms with E-state index < -0.39 is 0 Å². The molecule has 0 N–H and O–H groups in total.